The lowest BCUT2D eigenvalue weighted by molar-refractivity contribution is -0.119. The average Bonchev–Trinajstić information content (AvgIpc) is 3.29. The molecule has 2 amide bonds. The van der Waals surface area contributed by atoms with Crippen LogP contribution in [0.15, 0.2) is 88.1 Å². The highest BCUT2D eigenvalue weighted by Crippen LogP contribution is 2.25. The number of nitrogens with zero attached hydrogens (tertiary/aromatic N) is 4. The Morgan fingerprint density at radius 2 is 1.74 bits per heavy atom. The second-order valence-corrected chi connectivity index (χ2v) is 9.38. The van der Waals surface area contributed by atoms with Crippen LogP contribution in [0.4, 0.5) is 11.4 Å². The Balaban J connectivity index is 1.44. The molecule has 1 aliphatic rings. The van der Waals surface area contributed by atoms with Gasteiger partial charge in [0.25, 0.3) is 11.8 Å². The number of phenols is 2. The predicted octanol–water partition coefficient (Wildman–Crippen LogP) is 5.43. The smallest absolute Gasteiger partial charge is 0.280 e. The number of amides is 2. The molecule has 9 heteroatoms. The molecule has 3 N–H and O–H groups in total. The Hall–Kier alpha value is -4.53. The normalized spacial score (nSPS) is 15.1. The molecule has 202 valence electrons. The molecule has 0 aromatic heterocycles. The fourth-order valence-electron chi connectivity index (χ4n) is 4.22. The molecule has 3 aromatic carbocycles. The second kappa shape index (κ2) is 13.3. The lowest BCUT2D eigenvalue weighted by Gasteiger charge is -2.11. The highest BCUT2D eigenvalue weighted by Gasteiger charge is 2.40. The van der Waals surface area contributed by atoms with Gasteiger partial charge < -0.3 is 15.5 Å². The number of aromatic hydroxyl groups is 2. The van der Waals surface area contributed by atoms with E-state index in [2.05, 4.69) is 27.6 Å². The van der Waals surface area contributed by atoms with E-state index in [1.165, 1.54) is 17.1 Å². The molecule has 0 aliphatic carbocycles. The van der Waals surface area contributed by atoms with Gasteiger partial charge in [-0.3, -0.25) is 9.59 Å². The van der Waals surface area contributed by atoms with E-state index in [4.69, 9.17) is 0 Å². The van der Waals surface area contributed by atoms with Crippen molar-refractivity contribution in [2.75, 3.05) is 11.6 Å². The summed E-state index contributed by atoms with van der Waals surface area (Å²) in [6, 6.07) is 19.6. The van der Waals surface area contributed by atoms with Crippen LogP contribution in [0.5, 0.6) is 11.5 Å². The number of azo groups is 1. The zero-order chi connectivity index (χ0) is 27.6. The molecule has 4 rings (SSSR count). The van der Waals surface area contributed by atoms with Gasteiger partial charge in [0.2, 0.25) is 6.04 Å². The van der Waals surface area contributed by atoms with Crippen molar-refractivity contribution in [3.63, 3.8) is 0 Å². The zero-order valence-electron chi connectivity index (χ0n) is 22.0. The Kier molecular flexibility index (Phi) is 9.39. The molecule has 0 saturated carbocycles. The number of anilines is 1. The maximum Gasteiger partial charge on any atom is 0.280 e. The van der Waals surface area contributed by atoms with Crippen LogP contribution in [0.25, 0.3) is 0 Å². The topological polar surface area (TPSA) is 127 Å². The van der Waals surface area contributed by atoms with Gasteiger partial charge in [-0.2, -0.15) is 20.3 Å². The summed E-state index contributed by atoms with van der Waals surface area (Å²) in [5, 5.41) is 36.5. The first-order valence-corrected chi connectivity index (χ1v) is 13.2. The number of rotatable bonds is 12. The molecule has 0 spiro atoms. The number of benzene rings is 3. The molecule has 0 bridgehead atoms. The third-order valence-electron chi connectivity index (χ3n) is 6.43. The fourth-order valence-corrected chi connectivity index (χ4v) is 4.22. The molecule has 1 atom stereocenters. The Bertz CT molecular complexity index is 1340. The minimum atomic E-state index is -1.14. The Labute approximate surface area is 227 Å². The first-order valence-electron chi connectivity index (χ1n) is 13.2. The molecule has 0 fully saturated rings. The molecule has 1 unspecified atom stereocenters. The first kappa shape index (κ1) is 27.5. The van der Waals surface area contributed by atoms with Crippen molar-refractivity contribution in [2.24, 2.45) is 15.3 Å². The van der Waals surface area contributed by atoms with Crippen LogP contribution in [-0.4, -0.2) is 40.3 Å². The largest absolute Gasteiger partial charge is 0.508 e. The van der Waals surface area contributed by atoms with Gasteiger partial charge in [-0.25, -0.2) is 0 Å². The number of hydrazone groups is 1. The second-order valence-electron chi connectivity index (χ2n) is 9.38. The van der Waals surface area contributed by atoms with Gasteiger partial charge in [0.05, 0.1) is 11.4 Å². The molecule has 0 radical (unpaired) electrons. The zero-order valence-corrected chi connectivity index (χ0v) is 22.0. The summed E-state index contributed by atoms with van der Waals surface area (Å²) in [5.74, 6) is -0.609. The molecule has 3 aromatic rings. The van der Waals surface area contributed by atoms with Crippen molar-refractivity contribution in [3.8, 4) is 11.5 Å². The Morgan fingerprint density at radius 3 is 2.49 bits per heavy atom. The number of carbonyl (C=O) groups excluding carboxylic acids is 2. The highest BCUT2D eigenvalue weighted by atomic mass is 16.3. The third kappa shape index (κ3) is 7.28. The van der Waals surface area contributed by atoms with Crippen molar-refractivity contribution in [1.29, 1.82) is 0 Å². The van der Waals surface area contributed by atoms with E-state index in [9.17, 15) is 19.8 Å². The number of aryl methyl sites for hydroxylation is 2. The molecule has 1 aliphatic heterocycles. The van der Waals surface area contributed by atoms with Gasteiger partial charge in [-0.15, -0.1) is 0 Å². The quantitative estimate of drug-likeness (QED) is 0.165. The SMILES string of the molecule is CCCCCCNC(=O)C1=NN(c2ccccc2)C(=O)C1N=Nc1ccc(CCc2cc(O)ccc2O)cc1. The maximum atomic E-state index is 13.2. The number of para-hydroxylation sites is 1. The van der Waals surface area contributed by atoms with E-state index in [0.717, 1.165) is 31.2 Å². The van der Waals surface area contributed by atoms with E-state index in [-0.39, 0.29) is 17.2 Å². The lowest BCUT2D eigenvalue weighted by Crippen LogP contribution is -2.39. The molecule has 39 heavy (non-hydrogen) atoms. The van der Waals surface area contributed by atoms with Crippen molar-refractivity contribution < 1.29 is 19.8 Å². The summed E-state index contributed by atoms with van der Waals surface area (Å²) in [6.45, 7) is 2.63. The van der Waals surface area contributed by atoms with Crippen LogP contribution in [-0.2, 0) is 22.4 Å². The molecular formula is C30H33N5O4. The lowest BCUT2D eigenvalue weighted by atomic mass is 10.0. The van der Waals surface area contributed by atoms with E-state index in [1.807, 2.05) is 18.2 Å². The fraction of sp³-hybridized carbons (Fsp3) is 0.300. The van der Waals surface area contributed by atoms with Crippen LogP contribution >= 0.6 is 0 Å². The van der Waals surface area contributed by atoms with Crippen LogP contribution in [0, 0.1) is 0 Å². The first-order chi connectivity index (χ1) is 19.0. The van der Waals surface area contributed by atoms with Gasteiger partial charge in [0.15, 0.2) is 5.71 Å². The molecule has 0 saturated heterocycles. The number of hydrogen-bond donors (Lipinski definition) is 3. The van der Waals surface area contributed by atoms with Crippen molar-refractivity contribution >= 4 is 28.9 Å². The summed E-state index contributed by atoms with van der Waals surface area (Å²) in [4.78, 5) is 26.2. The number of hydrogen-bond acceptors (Lipinski definition) is 7. The standard InChI is InChI=1S/C30H33N5O4/c1-2-3-4-8-19-31-29(38)27-28(30(39)35(34-27)24-9-6-5-7-10-24)33-32-23-15-12-21(13-16-23)11-14-22-20-25(36)17-18-26(22)37/h5-7,9-10,12-13,15-18,20,28,36-37H,2-4,8,11,14,19H2,1H3,(H,31,38). The van der Waals surface area contributed by atoms with Crippen LogP contribution in [0.2, 0.25) is 0 Å². The van der Waals surface area contributed by atoms with Gasteiger partial charge in [-0.1, -0.05) is 56.5 Å². The van der Waals surface area contributed by atoms with E-state index >= 15 is 0 Å². The minimum absolute atomic E-state index is 0.0191. The van der Waals surface area contributed by atoms with E-state index in [1.54, 1.807) is 42.5 Å². The van der Waals surface area contributed by atoms with Gasteiger partial charge in [0, 0.05) is 6.54 Å². The van der Waals surface area contributed by atoms with Gasteiger partial charge in [-0.05, 0) is 72.9 Å². The minimum Gasteiger partial charge on any atom is -0.508 e. The number of unbranched alkanes of at least 4 members (excludes halogenated alkanes) is 3. The van der Waals surface area contributed by atoms with Gasteiger partial charge in [0.1, 0.15) is 11.5 Å². The number of nitrogens with one attached hydrogen (secondary N) is 1. The molecular weight excluding hydrogens is 494 g/mol. The van der Waals surface area contributed by atoms with Gasteiger partial charge >= 0.3 is 0 Å². The van der Waals surface area contributed by atoms with Crippen molar-refractivity contribution in [1.82, 2.24) is 5.32 Å². The van der Waals surface area contributed by atoms with Crippen LogP contribution < -0.4 is 10.3 Å². The van der Waals surface area contributed by atoms with Crippen LogP contribution in [0.3, 0.4) is 0 Å². The van der Waals surface area contributed by atoms with E-state index in [0.29, 0.717) is 36.3 Å². The van der Waals surface area contributed by atoms with Crippen molar-refractivity contribution in [3.05, 3.63) is 83.9 Å². The summed E-state index contributed by atoms with van der Waals surface area (Å²) in [7, 11) is 0. The predicted molar refractivity (Wildman–Crippen MR) is 150 cm³/mol. The number of carbonyl (C=O) groups is 2. The monoisotopic (exact) mass is 527 g/mol. The van der Waals surface area contributed by atoms with E-state index < -0.39 is 17.9 Å². The average molecular weight is 528 g/mol. The highest BCUT2D eigenvalue weighted by molar-refractivity contribution is 6.47. The summed E-state index contributed by atoms with van der Waals surface area (Å²) in [5.41, 5.74) is 2.77. The van der Waals surface area contributed by atoms with Crippen LogP contribution in [0.1, 0.15) is 43.7 Å². The summed E-state index contributed by atoms with van der Waals surface area (Å²) in [6.07, 6.45) is 5.28. The van der Waals surface area contributed by atoms with Crippen molar-refractivity contribution in [2.45, 2.75) is 51.5 Å². The summed E-state index contributed by atoms with van der Waals surface area (Å²) >= 11 is 0. The number of phenolic OH excluding ortho intramolecular Hbond substituents is 2. The summed E-state index contributed by atoms with van der Waals surface area (Å²) < 4.78 is 0. The maximum absolute atomic E-state index is 13.2. The molecule has 1 heterocycles. The third-order valence-corrected chi connectivity index (χ3v) is 6.43. The molecule has 9 nitrogen and oxygen atoms in total. The Morgan fingerprint density at radius 1 is 0.974 bits per heavy atom.